The van der Waals surface area contributed by atoms with E-state index in [4.69, 9.17) is 4.74 Å². The van der Waals surface area contributed by atoms with Crippen LogP contribution in [0.4, 0.5) is 0 Å². The van der Waals surface area contributed by atoms with Crippen LogP contribution in [0.5, 0.6) is 5.75 Å². The zero-order valence-corrected chi connectivity index (χ0v) is 14.6. The highest BCUT2D eigenvalue weighted by molar-refractivity contribution is 7.89. The molecule has 5 nitrogen and oxygen atoms in total. The summed E-state index contributed by atoms with van der Waals surface area (Å²) in [6, 6.07) is 6.69. The number of piperidine rings is 2. The predicted molar refractivity (Wildman–Crippen MR) is 88.9 cm³/mol. The maximum absolute atomic E-state index is 12.7. The Hall–Kier alpha value is -1.11. The van der Waals surface area contributed by atoms with Crippen molar-refractivity contribution in [2.75, 3.05) is 33.3 Å². The molecule has 128 valence electrons. The third kappa shape index (κ3) is 3.70. The first-order chi connectivity index (χ1) is 11.1. The monoisotopic (exact) mass is 339 g/mol. The number of benzene rings is 1. The standard InChI is InChI=1S/C17H26N2O3S/c1-22-16-2-4-17(5-3-16)23(20,21)19-12-8-15(9-13-19)14-6-10-18-11-7-14/h2-5,14-15,18H,6-13H2,1H3/p+1. The normalized spacial score (nSPS) is 22.1. The van der Waals surface area contributed by atoms with E-state index < -0.39 is 10.0 Å². The molecule has 3 rings (SSSR count). The smallest absolute Gasteiger partial charge is 0.243 e. The van der Waals surface area contributed by atoms with E-state index in [1.54, 1.807) is 35.7 Å². The summed E-state index contributed by atoms with van der Waals surface area (Å²) in [7, 11) is -1.79. The van der Waals surface area contributed by atoms with Gasteiger partial charge in [-0.1, -0.05) is 0 Å². The summed E-state index contributed by atoms with van der Waals surface area (Å²) in [6.07, 6.45) is 4.58. The van der Waals surface area contributed by atoms with Crippen molar-refractivity contribution in [3.63, 3.8) is 0 Å². The van der Waals surface area contributed by atoms with Gasteiger partial charge < -0.3 is 10.1 Å². The topological polar surface area (TPSA) is 63.2 Å². The maximum Gasteiger partial charge on any atom is 0.243 e. The summed E-state index contributed by atoms with van der Waals surface area (Å²) in [6.45, 7) is 3.77. The number of quaternary nitrogens is 1. The molecule has 1 aromatic carbocycles. The van der Waals surface area contributed by atoms with Crippen LogP contribution in [-0.2, 0) is 10.0 Å². The first-order valence-corrected chi connectivity index (χ1v) is 10.0. The lowest BCUT2D eigenvalue weighted by atomic mass is 9.79. The average molecular weight is 339 g/mol. The molecule has 2 saturated heterocycles. The molecule has 23 heavy (non-hydrogen) atoms. The Kier molecular flexibility index (Phi) is 5.24. The Bertz CT molecular complexity index is 601. The predicted octanol–water partition coefficient (Wildman–Crippen LogP) is 1.07. The van der Waals surface area contributed by atoms with Crippen LogP contribution in [0.25, 0.3) is 0 Å². The number of hydrogen-bond donors (Lipinski definition) is 1. The van der Waals surface area contributed by atoms with Gasteiger partial charge in [0.1, 0.15) is 5.75 Å². The van der Waals surface area contributed by atoms with Gasteiger partial charge in [-0.15, -0.1) is 0 Å². The molecule has 0 unspecified atom stereocenters. The number of nitrogens with two attached hydrogens (primary N) is 1. The Morgan fingerprint density at radius 2 is 1.57 bits per heavy atom. The van der Waals surface area contributed by atoms with E-state index in [1.807, 2.05) is 0 Å². The van der Waals surface area contributed by atoms with Crippen LogP contribution >= 0.6 is 0 Å². The highest BCUT2D eigenvalue weighted by Gasteiger charge is 2.33. The fourth-order valence-corrected chi connectivity index (χ4v) is 5.38. The molecule has 0 atom stereocenters. The number of hydrogen-bond acceptors (Lipinski definition) is 3. The van der Waals surface area contributed by atoms with Gasteiger partial charge in [-0.2, -0.15) is 4.31 Å². The van der Waals surface area contributed by atoms with Crippen LogP contribution in [0.15, 0.2) is 29.2 Å². The molecule has 0 amide bonds. The molecule has 0 aromatic heterocycles. The van der Waals surface area contributed by atoms with Gasteiger partial charge in [-0.3, -0.25) is 0 Å². The molecular weight excluding hydrogens is 312 g/mol. The van der Waals surface area contributed by atoms with Gasteiger partial charge in [0.05, 0.1) is 25.1 Å². The summed E-state index contributed by atoms with van der Waals surface area (Å²) in [4.78, 5) is 0.365. The molecule has 0 spiro atoms. The van der Waals surface area contributed by atoms with Crippen LogP contribution in [0, 0.1) is 11.8 Å². The molecule has 2 aliphatic rings. The third-order valence-corrected chi connectivity index (χ3v) is 7.26. The molecular formula is C17H27N2O3S+. The van der Waals surface area contributed by atoms with E-state index >= 15 is 0 Å². The Labute approximate surface area is 139 Å². The minimum Gasteiger partial charge on any atom is -0.497 e. The number of rotatable bonds is 4. The molecule has 2 aliphatic heterocycles. The number of ether oxygens (including phenoxy) is 1. The van der Waals surface area contributed by atoms with Gasteiger partial charge in [0.25, 0.3) is 0 Å². The van der Waals surface area contributed by atoms with Crippen molar-refractivity contribution in [2.45, 2.75) is 30.6 Å². The van der Waals surface area contributed by atoms with Gasteiger partial charge >= 0.3 is 0 Å². The van der Waals surface area contributed by atoms with Crippen molar-refractivity contribution < 1.29 is 18.5 Å². The molecule has 2 heterocycles. The minimum atomic E-state index is -3.37. The van der Waals surface area contributed by atoms with Crippen LogP contribution < -0.4 is 10.1 Å². The van der Waals surface area contributed by atoms with Crippen LogP contribution in [0.2, 0.25) is 0 Å². The largest absolute Gasteiger partial charge is 0.497 e. The molecule has 0 saturated carbocycles. The average Bonchev–Trinajstić information content (AvgIpc) is 2.62. The zero-order chi connectivity index (χ0) is 16.3. The molecule has 2 N–H and O–H groups in total. The second-order valence-corrected chi connectivity index (χ2v) is 8.56. The Morgan fingerprint density at radius 1 is 1.00 bits per heavy atom. The van der Waals surface area contributed by atoms with Crippen LogP contribution in [0.1, 0.15) is 25.7 Å². The number of sulfonamides is 1. The zero-order valence-electron chi connectivity index (χ0n) is 13.8. The summed E-state index contributed by atoms with van der Waals surface area (Å²) in [5, 5.41) is 2.39. The van der Waals surface area contributed by atoms with E-state index in [1.165, 1.54) is 25.9 Å². The second-order valence-electron chi connectivity index (χ2n) is 6.62. The lowest BCUT2D eigenvalue weighted by molar-refractivity contribution is -0.665. The summed E-state index contributed by atoms with van der Waals surface area (Å²) in [5.74, 6) is 2.17. The van der Waals surface area contributed by atoms with Gasteiger partial charge in [0.2, 0.25) is 10.0 Å². The Balaban J connectivity index is 1.63. The van der Waals surface area contributed by atoms with Gasteiger partial charge in [-0.25, -0.2) is 8.42 Å². The van der Waals surface area contributed by atoms with E-state index in [0.29, 0.717) is 29.7 Å². The van der Waals surface area contributed by atoms with Crippen molar-refractivity contribution in [2.24, 2.45) is 11.8 Å². The van der Waals surface area contributed by atoms with E-state index in [-0.39, 0.29) is 0 Å². The van der Waals surface area contributed by atoms with E-state index in [2.05, 4.69) is 5.32 Å². The summed E-state index contributed by atoms with van der Waals surface area (Å²) < 4.78 is 32.3. The first kappa shape index (κ1) is 16.7. The molecule has 0 radical (unpaired) electrons. The summed E-state index contributed by atoms with van der Waals surface area (Å²) in [5.41, 5.74) is 0. The lowest BCUT2D eigenvalue weighted by Crippen LogP contribution is -2.86. The van der Waals surface area contributed by atoms with Crippen LogP contribution in [-0.4, -0.2) is 46.0 Å². The first-order valence-electron chi connectivity index (χ1n) is 8.57. The fraction of sp³-hybridized carbons (Fsp3) is 0.647. The van der Waals surface area contributed by atoms with Gasteiger partial charge in [0.15, 0.2) is 0 Å². The Morgan fingerprint density at radius 3 is 2.13 bits per heavy atom. The number of methoxy groups -OCH3 is 1. The SMILES string of the molecule is COc1ccc(S(=O)(=O)N2CCC(C3CC[NH2+]CC3)CC2)cc1. The highest BCUT2D eigenvalue weighted by atomic mass is 32.2. The summed E-state index contributed by atoms with van der Waals surface area (Å²) >= 11 is 0. The molecule has 0 aliphatic carbocycles. The number of nitrogens with zero attached hydrogens (tertiary/aromatic N) is 1. The maximum atomic E-state index is 12.7. The van der Waals surface area contributed by atoms with Crippen molar-refractivity contribution >= 4 is 10.0 Å². The fourth-order valence-electron chi connectivity index (χ4n) is 3.91. The molecule has 0 bridgehead atoms. The highest BCUT2D eigenvalue weighted by Crippen LogP contribution is 2.32. The van der Waals surface area contributed by atoms with Crippen molar-refractivity contribution in [1.82, 2.24) is 4.31 Å². The van der Waals surface area contributed by atoms with E-state index in [9.17, 15) is 8.42 Å². The molecule has 2 fully saturated rings. The quantitative estimate of drug-likeness (QED) is 0.892. The van der Waals surface area contributed by atoms with Crippen LogP contribution in [0.3, 0.4) is 0 Å². The van der Waals surface area contributed by atoms with Crippen molar-refractivity contribution in [3.05, 3.63) is 24.3 Å². The second kappa shape index (κ2) is 7.20. The lowest BCUT2D eigenvalue weighted by Gasteiger charge is -2.36. The van der Waals surface area contributed by atoms with Gasteiger partial charge in [0, 0.05) is 13.1 Å². The van der Waals surface area contributed by atoms with Crippen molar-refractivity contribution in [1.29, 1.82) is 0 Å². The molecule has 6 heteroatoms. The van der Waals surface area contributed by atoms with Gasteiger partial charge in [-0.05, 0) is 61.8 Å². The molecule has 1 aromatic rings. The minimum absolute atomic E-state index is 0.365. The van der Waals surface area contributed by atoms with Crippen molar-refractivity contribution in [3.8, 4) is 5.75 Å². The van der Waals surface area contributed by atoms with E-state index in [0.717, 1.165) is 18.8 Å². The third-order valence-electron chi connectivity index (χ3n) is 5.35.